The molecular formula is C26H50O6S2. The van der Waals surface area contributed by atoms with Crippen LogP contribution in [0, 0.1) is 23.7 Å². The molecule has 0 bridgehead atoms. The first-order valence-electron chi connectivity index (χ1n) is 12.7. The van der Waals surface area contributed by atoms with E-state index >= 15 is 0 Å². The van der Waals surface area contributed by atoms with Crippen LogP contribution in [-0.2, 0) is 19.1 Å². The Balaban J connectivity index is 4.33. The normalized spacial score (nSPS) is 17.4. The average Bonchev–Trinajstić information content (AvgIpc) is 2.68. The molecule has 6 nitrogen and oxygen atoms in total. The SMILES string of the molecule is CCC(C(C)C)C(C)(CC(=O)O)SCCOCCOCCSC(C)(CC(=O)O)C(CC)C(C)C. The predicted molar refractivity (Wildman–Crippen MR) is 145 cm³/mol. The van der Waals surface area contributed by atoms with Crippen molar-refractivity contribution in [3.8, 4) is 0 Å². The summed E-state index contributed by atoms with van der Waals surface area (Å²) in [4.78, 5) is 22.9. The van der Waals surface area contributed by atoms with E-state index < -0.39 is 11.9 Å². The van der Waals surface area contributed by atoms with Crippen molar-refractivity contribution >= 4 is 35.5 Å². The second-order valence-electron chi connectivity index (χ2n) is 10.2. The number of hydrogen-bond donors (Lipinski definition) is 2. The van der Waals surface area contributed by atoms with Gasteiger partial charge in [-0.1, -0.05) is 54.4 Å². The number of aliphatic carboxylic acids is 2. The number of carboxylic acids is 2. The Hall–Kier alpha value is -0.440. The summed E-state index contributed by atoms with van der Waals surface area (Å²) in [5, 5.41) is 18.8. The molecule has 0 aliphatic rings. The molecule has 0 spiro atoms. The minimum Gasteiger partial charge on any atom is -0.481 e. The lowest BCUT2D eigenvalue weighted by Gasteiger charge is -2.38. The minimum atomic E-state index is -0.751. The summed E-state index contributed by atoms with van der Waals surface area (Å²) >= 11 is 3.40. The summed E-state index contributed by atoms with van der Waals surface area (Å²) in [5.74, 6) is 1.54. The quantitative estimate of drug-likeness (QED) is 0.169. The summed E-state index contributed by atoms with van der Waals surface area (Å²) < 4.78 is 10.8. The van der Waals surface area contributed by atoms with E-state index in [1.165, 1.54) is 0 Å². The van der Waals surface area contributed by atoms with Gasteiger partial charge in [0, 0.05) is 21.0 Å². The van der Waals surface area contributed by atoms with Crippen LogP contribution in [0.4, 0.5) is 0 Å². The van der Waals surface area contributed by atoms with Crippen LogP contribution in [-0.4, -0.2) is 69.6 Å². The Morgan fingerprint density at radius 2 is 1.03 bits per heavy atom. The number of carbonyl (C=O) groups is 2. The Morgan fingerprint density at radius 1 is 0.706 bits per heavy atom. The molecule has 0 amide bonds. The molecule has 0 heterocycles. The van der Waals surface area contributed by atoms with Crippen LogP contribution in [0.5, 0.6) is 0 Å². The largest absolute Gasteiger partial charge is 0.481 e. The molecule has 0 aromatic rings. The first kappa shape index (κ1) is 33.6. The van der Waals surface area contributed by atoms with Gasteiger partial charge in [-0.25, -0.2) is 0 Å². The molecule has 0 radical (unpaired) electrons. The first-order chi connectivity index (χ1) is 15.8. The molecule has 0 saturated carbocycles. The molecule has 0 fully saturated rings. The maximum atomic E-state index is 11.4. The maximum absolute atomic E-state index is 11.4. The summed E-state index contributed by atoms with van der Waals surface area (Å²) in [6, 6.07) is 0. The summed E-state index contributed by atoms with van der Waals surface area (Å²) in [6.45, 7) is 19.2. The highest BCUT2D eigenvalue weighted by atomic mass is 32.2. The van der Waals surface area contributed by atoms with Gasteiger partial charge in [-0.3, -0.25) is 9.59 Å². The molecule has 2 N–H and O–H groups in total. The molecule has 0 aliphatic carbocycles. The summed E-state index contributed by atoms with van der Waals surface area (Å²) in [5.41, 5.74) is 0. The highest BCUT2D eigenvalue weighted by molar-refractivity contribution is 8.00. The highest BCUT2D eigenvalue weighted by Crippen LogP contribution is 2.43. The second kappa shape index (κ2) is 17.1. The van der Waals surface area contributed by atoms with Gasteiger partial charge >= 0.3 is 11.9 Å². The van der Waals surface area contributed by atoms with E-state index in [-0.39, 0.29) is 22.3 Å². The summed E-state index contributed by atoms with van der Waals surface area (Å²) in [7, 11) is 0. The zero-order chi connectivity index (χ0) is 26.4. The molecule has 0 aromatic carbocycles. The van der Waals surface area contributed by atoms with Gasteiger partial charge in [0.05, 0.1) is 39.3 Å². The molecule has 202 valence electrons. The topological polar surface area (TPSA) is 93.1 Å². The van der Waals surface area contributed by atoms with Gasteiger partial charge in [-0.2, -0.15) is 23.5 Å². The van der Waals surface area contributed by atoms with Crippen molar-refractivity contribution < 1.29 is 29.3 Å². The lowest BCUT2D eigenvalue weighted by atomic mass is 9.80. The van der Waals surface area contributed by atoms with E-state index in [1.54, 1.807) is 23.5 Å². The van der Waals surface area contributed by atoms with E-state index in [0.29, 0.717) is 50.1 Å². The van der Waals surface area contributed by atoms with E-state index in [4.69, 9.17) is 9.47 Å². The standard InChI is InChI=1S/C26H50O6S2/c1-9-21(19(3)4)25(7,17-23(27)28)33-15-13-31-11-12-32-14-16-34-26(8,18-24(29)30)22(10-2)20(5)6/h19-22H,9-18H2,1-8H3,(H,27,28)(H,29,30). The minimum absolute atomic E-state index is 0.158. The number of hydrogen-bond acceptors (Lipinski definition) is 6. The summed E-state index contributed by atoms with van der Waals surface area (Å²) in [6.07, 6.45) is 2.24. The molecular weight excluding hydrogens is 472 g/mol. The van der Waals surface area contributed by atoms with Crippen LogP contribution in [0.3, 0.4) is 0 Å². The van der Waals surface area contributed by atoms with E-state index in [9.17, 15) is 19.8 Å². The lowest BCUT2D eigenvalue weighted by molar-refractivity contribution is -0.139. The molecule has 8 heteroatoms. The van der Waals surface area contributed by atoms with Gasteiger partial charge in [0.2, 0.25) is 0 Å². The van der Waals surface area contributed by atoms with Crippen molar-refractivity contribution in [1.82, 2.24) is 0 Å². The third-order valence-corrected chi connectivity index (χ3v) is 9.71. The van der Waals surface area contributed by atoms with Crippen molar-refractivity contribution in [2.75, 3.05) is 37.9 Å². The van der Waals surface area contributed by atoms with Crippen LogP contribution in [0.25, 0.3) is 0 Å². The van der Waals surface area contributed by atoms with Crippen LogP contribution >= 0.6 is 23.5 Å². The molecule has 0 aromatic heterocycles. The molecule has 4 atom stereocenters. The monoisotopic (exact) mass is 522 g/mol. The molecule has 0 saturated heterocycles. The first-order valence-corrected chi connectivity index (χ1v) is 14.7. The van der Waals surface area contributed by atoms with E-state index in [0.717, 1.165) is 24.3 Å². The fourth-order valence-corrected chi connectivity index (χ4v) is 8.48. The van der Waals surface area contributed by atoms with Crippen LogP contribution in [0.15, 0.2) is 0 Å². The molecule has 34 heavy (non-hydrogen) atoms. The van der Waals surface area contributed by atoms with Crippen molar-refractivity contribution in [1.29, 1.82) is 0 Å². The second-order valence-corrected chi connectivity index (χ2v) is 13.5. The van der Waals surface area contributed by atoms with Gasteiger partial charge in [-0.15, -0.1) is 0 Å². The number of ether oxygens (including phenoxy) is 2. The maximum Gasteiger partial charge on any atom is 0.304 e. The zero-order valence-electron chi connectivity index (χ0n) is 22.7. The fraction of sp³-hybridized carbons (Fsp3) is 0.923. The molecule has 0 aliphatic heterocycles. The highest BCUT2D eigenvalue weighted by Gasteiger charge is 2.38. The molecule has 0 rings (SSSR count). The number of thioether (sulfide) groups is 2. The number of carboxylic acid groups (broad SMARTS) is 2. The van der Waals surface area contributed by atoms with E-state index in [1.807, 2.05) is 0 Å². The van der Waals surface area contributed by atoms with Gasteiger partial charge < -0.3 is 19.7 Å². The lowest BCUT2D eigenvalue weighted by Crippen LogP contribution is -2.37. The van der Waals surface area contributed by atoms with Crippen LogP contribution < -0.4 is 0 Å². The third-order valence-electron chi connectivity index (χ3n) is 6.75. The Kier molecular flexibility index (Phi) is 16.9. The smallest absolute Gasteiger partial charge is 0.304 e. The zero-order valence-corrected chi connectivity index (χ0v) is 24.4. The van der Waals surface area contributed by atoms with Gasteiger partial charge in [0.15, 0.2) is 0 Å². The van der Waals surface area contributed by atoms with Gasteiger partial charge in [0.1, 0.15) is 0 Å². The Morgan fingerprint density at radius 3 is 1.26 bits per heavy atom. The van der Waals surface area contributed by atoms with Crippen molar-refractivity contribution in [2.24, 2.45) is 23.7 Å². The van der Waals surface area contributed by atoms with Crippen molar-refractivity contribution in [3.63, 3.8) is 0 Å². The van der Waals surface area contributed by atoms with Crippen molar-refractivity contribution in [3.05, 3.63) is 0 Å². The average molecular weight is 523 g/mol. The fourth-order valence-electron chi connectivity index (χ4n) is 5.38. The van der Waals surface area contributed by atoms with Crippen molar-refractivity contribution in [2.45, 2.75) is 90.6 Å². The van der Waals surface area contributed by atoms with E-state index in [2.05, 4.69) is 55.4 Å². The van der Waals surface area contributed by atoms with Gasteiger partial charge in [-0.05, 0) is 37.5 Å². The number of rotatable bonds is 21. The van der Waals surface area contributed by atoms with Gasteiger partial charge in [0.25, 0.3) is 0 Å². The predicted octanol–water partition coefficient (Wildman–Crippen LogP) is 6.32. The molecule has 4 unspecified atom stereocenters. The van der Waals surface area contributed by atoms with Crippen LogP contribution in [0.2, 0.25) is 0 Å². The third kappa shape index (κ3) is 12.5. The Bertz CT molecular complexity index is 536. The Labute approximate surface area is 216 Å². The van der Waals surface area contributed by atoms with Crippen LogP contribution in [0.1, 0.15) is 81.1 Å².